The maximum Gasteiger partial charge on any atom is 0.317 e. The Hall–Kier alpha value is -2.70. The van der Waals surface area contributed by atoms with Gasteiger partial charge in [0.2, 0.25) is 5.95 Å². The van der Waals surface area contributed by atoms with Crippen molar-refractivity contribution in [2.75, 3.05) is 31.1 Å². The zero-order chi connectivity index (χ0) is 16.1. The normalized spacial score (nSPS) is 14.7. The van der Waals surface area contributed by atoms with Crippen LogP contribution in [0.25, 0.3) is 0 Å². The fraction of sp³-hybridized carbons (Fsp3) is 0.312. The highest BCUT2D eigenvalue weighted by atomic mass is 19.1. The molecule has 0 unspecified atom stereocenters. The number of benzene rings is 1. The van der Waals surface area contributed by atoms with Crippen molar-refractivity contribution in [3.8, 4) is 0 Å². The van der Waals surface area contributed by atoms with Crippen LogP contribution in [0.4, 0.5) is 15.1 Å². The molecular weight excluding hydrogens is 297 g/mol. The van der Waals surface area contributed by atoms with Crippen LogP contribution in [0.1, 0.15) is 5.56 Å². The maximum atomic E-state index is 13.1. The molecule has 1 aliphatic rings. The topological polar surface area (TPSA) is 61.4 Å². The number of hydrogen-bond acceptors (Lipinski definition) is 4. The molecule has 0 radical (unpaired) electrons. The monoisotopic (exact) mass is 315 g/mol. The summed E-state index contributed by atoms with van der Waals surface area (Å²) in [7, 11) is 0. The minimum Gasteiger partial charge on any atom is -0.337 e. The Labute approximate surface area is 134 Å². The fourth-order valence-electron chi connectivity index (χ4n) is 2.50. The number of hydrogen-bond donors (Lipinski definition) is 1. The molecule has 2 aromatic rings. The van der Waals surface area contributed by atoms with E-state index in [4.69, 9.17) is 0 Å². The molecular formula is C16H18FN5O. The first-order valence-electron chi connectivity index (χ1n) is 7.51. The van der Waals surface area contributed by atoms with E-state index >= 15 is 0 Å². The molecule has 7 heteroatoms. The van der Waals surface area contributed by atoms with Gasteiger partial charge in [0, 0.05) is 45.1 Å². The van der Waals surface area contributed by atoms with Crippen molar-refractivity contribution in [2.24, 2.45) is 0 Å². The number of carbonyl (C=O) groups is 1. The Bertz CT molecular complexity index is 659. The second kappa shape index (κ2) is 7.04. The predicted molar refractivity (Wildman–Crippen MR) is 84.5 cm³/mol. The number of nitrogens with zero attached hydrogens (tertiary/aromatic N) is 4. The zero-order valence-corrected chi connectivity index (χ0v) is 12.7. The van der Waals surface area contributed by atoms with Crippen molar-refractivity contribution in [3.63, 3.8) is 0 Å². The van der Waals surface area contributed by atoms with Crippen molar-refractivity contribution in [2.45, 2.75) is 6.54 Å². The smallest absolute Gasteiger partial charge is 0.317 e. The first kappa shape index (κ1) is 15.2. The molecule has 1 aromatic carbocycles. The number of carbonyl (C=O) groups excluding carboxylic acids is 1. The fourth-order valence-corrected chi connectivity index (χ4v) is 2.50. The van der Waals surface area contributed by atoms with E-state index < -0.39 is 0 Å². The molecule has 120 valence electrons. The SMILES string of the molecule is O=C(NCc1cccc(F)c1)N1CCN(c2ncccn2)CC1. The summed E-state index contributed by atoms with van der Waals surface area (Å²) in [6, 6.07) is 7.87. The molecule has 1 saturated heterocycles. The molecule has 0 saturated carbocycles. The van der Waals surface area contributed by atoms with E-state index in [1.54, 1.807) is 35.5 Å². The number of aromatic nitrogens is 2. The third-order valence-electron chi connectivity index (χ3n) is 3.73. The summed E-state index contributed by atoms with van der Waals surface area (Å²) in [6.45, 7) is 2.91. The van der Waals surface area contributed by atoms with Crippen molar-refractivity contribution < 1.29 is 9.18 Å². The molecule has 1 aliphatic heterocycles. The van der Waals surface area contributed by atoms with Gasteiger partial charge in [-0.15, -0.1) is 0 Å². The standard InChI is InChI=1S/C16H18FN5O/c17-14-4-1-3-13(11-14)12-20-16(23)22-9-7-21(8-10-22)15-18-5-2-6-19-15/h1-6,11H,7-10,12H2,(H,20,23). The molecule has 6 nitrogen and oxygen atoms in total. The first-order valence-corrected chi connectivity index (χ1v) is 7.51. The van der Waals surface area contributed by atoms with Gasteiger partial charge in [-0.25, -0.2) is 19.2 Å². The van der Waals surface area contributed by atoms with Crippen LogP contribution in [0.5, 0.6) is 0 Å². The second-order valence-electron chi connectivity index (χ2n) is 5.31. The van der Waals surface area contributed by atoms with Crippen LogP contribution in [0.2, 0.25) is 0 Å². The van der Waals surface area contributed by atoms with Crippen molar-refractivity contribution in [1.82, 2.24) is 20.2 Å². The summed E-state index contributed by atoms with van der Waals surface area (Å²) >= 11 is 0. The number of amides is 2. The molecule has 0 bridgehead atoms. The maximum absolute atomic E-state index is 13.1. The largest absolute Gasteiger partial charge is 0.337 e. The average Bonchev–Trinajstić information content (AvgIpc) is 2.61. The molecule has 1 aromatic heterocycles. The van der Waals surface area contributed by atoms with Crippen molar-refractivity contribution >= 4 is 12.0 Å². The highest BCUT2D eigenvalue weighted by Gasteiger charge is 2.22. The highest BCUT2D eigenvalue weighted by molar-refractivity contribution is 5.74. The lowest BCUT2D eigenvalue weighted by Gasteiger charge is -2.34. The van der Waals surface area contributed by atoms with Gasteiger partial charge in [-0.05, 0) is 23.8 Å². The van der Waals surface area contributed by atoms with Crippen LogP contribution in [0.15, 0.2) is 42.7 Å². The van der Waals surface area contributed by atoms with Crippen LogP contribution in [0.3, 0.4) is 0 Å². The number of anilines is 1. The minimum atomic E-state index is -0.298. The highest BCUT2D eigenvalue weighted by Crippen LogP contribution is 2.10. The van der Waals surface area contributed by atoms with Crippen LogP contribution in [-0.2, 0) is 6.54 Å². The molecule has 1 N–H and O–H groups in total. The molecule has 1 fully saturated rings. The molecule has 0 aliphatic carbocycles. The lowest BCUT2D eigenvalue weighted by Crippen LogP contribution is -2.52. The summed E-state index contributed by atoms with van der Waals surface area (Å²) < 4.78 is 13.1. The van der Waals surface area contributed by atoms with Crippen molar-refractivity contribution in [3.05, 3.63) is 54.1 Å². The van der Waals surface area contributed by atoms with Gasteiger partial charge in [0.15, 0.2) is 0 Å². The molecule has 2 amide bonds. The van der Waals surface area contributed by atoms with Gasteiger partial charge in [-0.3, -0.25) is 0 Å². The van der Waals surface area contributed by atoms with E-state index in [1.165, 1.54) is 12.1 Å². The Morgan fingerprint density at radius 1 is 1.13 bits per heavy atom. The lowest BCUT2D eigenvalue weighted by molar-refractivity contribution is 0.193. The number of halogens is 1. The molecule has 2 heterocycles. The van der Waals surface area contributed by atoms with Crippen molar-refractivity contribution in [1.29, 1.82) is 0 Å². The predicted octanol–water partition coefficient (Wildman–Crippen LogP) is 1.65. The zero-order valence-electron chi connectivity index (χ0n) is 12.7. The minimum absolute atomic E-state index is 0.136. The Morgan fingerprint density at radius 3 is 2.57 bits per heavy atom. The van der Waals surface area contributed by atoms with E-state index in [2.05, 4.69) is 20.2 Å². The van der Waals surface area contributed by atoms with Gasteiger partial charge in [0.25, 0.3) is 0 Å². The number of nitrogens with one attached hydrogen (secondary N) is 1. The van der Waals surface area contributed by atoms with Gasteiger partial charge in [0.1, 0.15) is 5.82 Å². The van der Waals surface area contributed by atoms with E-state index in [9.17, 15) is 9.18 Å². The van der Waals surface area contributed by atoms with E-state index in [0.29, 0.717) is 38.7 Å². The second-order valence-corrected chi connectivity index (χ2v) is 5.31. The molecule has 0 spiro atoms. The van der Waals surface area contributed by atoms with E-state index in [0.717, 1.165) is 5.56 Å². The summed E-state index contributed by atoms with van der Waals surface area (Å²) in [5.74, 6) is 0.389. The van der Waals surface area contributed by atoms with Crippen LogP contribution in [-0.4, -0.2) is 47.1 Å². The molecule has 0 atom stereocenters. The lowest BCUT2D eigenvalue weighted by atomic mass is 10.2. The van der Waals surface area contributed by atoms with Gasteiger partial charge in [-0.2, -0.15) is 0 Å². The summed E-state index contributed by atoms with van der Waals surface area (Å²) in [4.78, 5) is 24.4. The van der Waals surface area contributed by atoms with Gasteiger partial charge >= 0.3 is 6.03 Å². The Morgan fingerprint density at radius 2 is 1.87 bits per heavy atom. The third kappa shape index (κ3) is 3.94. The number of piperazine rings is 1. The van der Waals surface area contributed by atoms with E-state index in [1.807, 2.05) is 0 Å². The summed E-state index contributed by atoms with van der Waals surface area (Å²) in [6.07, 6.45) is 3.42. The summed E-state index contributed by atoms with van der Waals surface area (Å²) in [5.41, 5.74) is 0.745. The number of urea groups is 1. The van der Waals surface area contributed by atoms with Crippen LogP contribution < -0.4 is 10.2 Å². The van der Waals surface area contributed by atoms with Gasteiger partial charge in [-0.1, -0.05) is 12.1 Å². The number of rotatable bonds is 3. The Balaban J connectivity index is 1.48. The van der Waals surface area contributed by atoms with E-state index in [-0.39, 0.29) is 11.8 Å². The van der Waals surface area contributed by atoms with Crippen LogP contribution >= 0.6 is 0 Å². The quantitative estimate of drug-likeness (QED) is 0.935. The third-order valence-corrected chi connectivity index (χ3v) is 3.73. The first-order chi connectivity index (χ1) is 11.2. The Kier molecular flexibility index (Phi) is 4.65. The average molecular weight is 315 g/mol. The molecule has 23 heavy (non-hydrogen) atoms. The van der Waals surface area contributed by atoms with Gasteiger partial charge < -0.3 is 15.1 Å². The van der Waals surface area contributed by atoms with Gasteiger partial charge in [0.05, 0.1) is 0 Å². The molecule has 3 rings (SSSR count). The van der Waals surface area contributed by atoms with Crippen LogP contribution in [0, 0.1) is 5.82 Å². The summed E-state index contributed by atoms with van der Waals surface area (Å²) in [5, 5.41) is 2.82.